The molecule has 0 spiro atoms. The van der Waals surface area contributed by atoms with Crippen molar-refractivity contribution in [2.75, 3.05) is 0 Å². The molecule has 0 unspecified atom stereocenters. The van der Waals surface area contributed by atoms with Gasteiger partial charge >= 0.3 is 0 Å². The molecule has 1 heterocycles. The van der Waals surface area contributed by atoms with Crippen LogP contribution in [0, 0.1) is 5.41 Å². The van der Waals surface area contributed by atoms with Crippen molar-refractivity contribution < 1.29 is 0 Å². The van der Waals surface area contributed by atoms with Crippen LogP contribution in [0.15, 0.2) is 29.0 Å². The van der Waals surface area contributed by atoms with Crippen molar-refractivity contribution in [3.63, 3.8) is 0 Å². The molecule has 0 aliphatic rings. The molecule has 2 heteroatoms. The zero-order valence-corrected chi connectivity index (χ0v) is 10.5. The fraction of sp³-hybridized carbons (Fsp3) is 0.417. The van der Waals surface area contributed by atoms with Gasteiger partial charge in [-0.3, -0.25) is 4.98 Å². The molecule has 0 amide bonds. The summed E-state index contributed by atoms with van der Waals surface area (Å²) < 4.78 is 1.02. The van der Waals surface area contributed by atoms with Gasteiger partial charge in [-0.05, 0) is 39.4 Å². The Hall–Kier alpha value is -0.630. The Labute approximate surface area is 94.4 Å². The molecule has 0 N–H and O–H groups in total. The summed E-state index contributed by atoms with van der Waals surface area (Å²) in [5, 5.41) is 0. The van der Waals surface area contributed by atoms with E-state index >= 15 is 0 Å². The van der Waals surface area contributed by atoms with E-state index < -0.39 is 0 Å². The van der Waals surface area contributed by atoms with Crippen molar-refractivity contribution in [1.82, 2.24) is 4.98 Å². The molecule has 0 radical (unpaired) electrons. The zero-order chi connectivity index (χ0) is 10.6. The van der Waals surface area contributed by atoms with Crippen LogP contribution in [0.4, 0.5) is 0 Å². The third kappa shape index (κ3) is 4.56. The van der Waals surface area contributed by atoms with Crippen molar-refractivity contribution >= 4 is 22.0 Å². The molecule has 14 heavy (non-hydrogen) atoms. The van der Waals surface area contributed by atoms with Crippen molar-refractivity contribution in [2.45, 2.75) is 27.2 Å². The first-order valence-electron chi connectivity index (χ1n) is 4.74. The smallest absolute Gasteiger partial charge is 0.0410 e. The Morgan fingerprint density at radius 3 is 2.64 bits per heavy atom. The van der Waals surface area contributed by atoms with Crippen molar-refractivity contribution in [3.05, 3.63) is 34.6 Å². The Morgan fingerprint density at radius 1 is 1.36 bits per heavy atom. The Kier molecular flexibility index (Phi) is 3.87. The fourth-order valence-electron chi connectivity index (χ4n) is 1.07. The molecule has 0 aliphatic heterocycles. The molecule has 0 fully saturated rings. The molecule has 76 valence electrons. The quantitative estimate of drug-likeness (QED) is 0.767. The summed E-state index contributed by atoms with van der Waals surface area (Å²) in [6.45, 7) is 6.70. The lowest BCUT2D eigenvalue weighted by Crippen LogP contribution is -2.01. The number of hydrogen-bond acceptors (Lipinski definition) is 1. The standard InChI is InChI=1S/C12H16BrN/c1-12(2,3)6-4-5-10-7-11(13)9-14-8-10/h4-5,7-9H,6H2,1-3H3/b5-4+. The van der Waals surface area contributed by atoms with Gasteiger partial charge in [0.15, 0.2) is 0 Å². The molecule has 0 saturated carbocycles. The van der Waals surface area contributed by atoms with Gasteiger partial charge in [-0.1, -0.05) is 32.9 Å². The molecule has 0 saturated heterocycles. The van der Waals surface area contributed by atoms with Gasteiger partial charge in [0, 0.05) is 16.9 Å². The molecule has 0 aliphatic carbocycles. The van der Waals surface area contributed by atoms with E-state index in [1.807, 2.05) is 6.20 Å². The first kappa shape index (κ1) is 11.4. The van der Waals surface area contributed by atoms with Gasteiger partial charge in [0.2, 0.25) is 0 Å². The Balaban J connectivity index is 2.61. The van der Waals surface area contributed by atoms with Crippen LogP contribution in [0.25, 0.3) is 6.08 Å². The van der Waals surface area contributed by atoms with Crippen LogP contribution in [0.1, 0.15) is 32.8 Å². The minimum atomic E-state index is 0.357. The van der Waals surface area contributed by atoms with E-state index in [4.69, 9.17) is 0 Å². The van der Waals surface area contributed by atoms with Crippen LogP contribution >= 0.6 is 15.9 Å². The van der Waals surface area contributed by atoms with E-state index in [-0.39, 0.29) is 0 Å². The van der Waals surface area contributed by atoms with Crippen LogP contribution in [0.2, 0.25) is 0 Å². The fourth-order valence-corrected chi connectivity index (χ4v) is 1.45. The zero-order valence-electron chi connectivity index (χ0n) is 8.92. The molecule has 1 aromatic rings. The largest absolute Gasteiger partial charge is 0.263 e. The second-order valence-electron chi connectivity index (χ2n) is 4.60. The van der Waals surface area contributed by atoms with E-state index in [2.05, 4.69) is 59.9 Å². The van der Waals surface area contributed by atoms with Crippen molar-refractivity contribution in [1.29, 1.82) is 0 Å². The minimum Gasteiger partial charge on any atom is -0.263 e. The minimum absolute atomic E-state index is 0.357. The van der Waals surface area contributed by atoms with Gasteiger partial charge in [0.05, 0.1) is 0 Å². The Bertz CT molecular complexity index is 323. The predicted octanol–water partition coefficient (Wildman–Crippen LogP) is 4.29. The second kappa shape index (κ2) is 4.74. The number of hydrogen-bond donors (Lipinski definition) is 0. The SMILES string of the molecule is CC(C)(C)C/C=C/c1cncc(Br)c1. The summed E-state index contributed by atoms with van der Waals surface area (Å²) >= 11 is 3.40. The summed E-state index contributed by atoms with van der Waals surface area (Å²) in [6, 6.07) is 2.06. The first-order valence-corrected chi connectivity index (χ1v) is 5.54. The monoisotopic (exact) mass is 253 g/mol. The summed E-state index contributed by atoms with van der Waals surface area (Å²) in [6.07, 6.45) is 9.05. The molecular formula is C12H16BrN. The highest BCUT2D eigenvalue weighted by Crippen LogP contribution is 2.20. The average Bonchev–Trinajstić information content (AvgIpc) is 2.01. The van der Waals surface area contributed by atoms with Crippen LogP contribution in [0.5, 0.6) is 0 Å². The topological polar surface area (TPSA) is 12.9 Å². The van der Waals surface area contributed by atoms with Crippen LogP contribution in [0.3, 0.4) is 0 Å². The molecule has 0 aromatic carbocycles. The number of pyridine rings is 1. The maximum atomic E-state index is 4.10. The summed E-state index contributed by atoms with van der Waals surface area (Å²) in [5.41, 5.74) is 1.50. The lowest BCUT2D eigenvalue weighted by Gasteiger charge is -2.14. The van der Waals surface area contributed by atoms with E-state index in [1.54, 1.807) is 6.20 Å². The van der Waals surface area contributed by atoms with Crippen LogP contribution in [-0.4, -0.2) is 4.98 Å². The number of rotatable bonds is 2. The molecule has 1 nitrogen and oxygen atoms in total. The normalized spacial score (nSPS) is 12.3. The maximum Gasteiger partial charge on any atom is 0.0410 e. The molecule has 0 atom stereocenters. The molecular weight excluding hydrogens is 238 g/mol. The number of allylic oxidation sites excluding steroid dienone is 1. The van der Waals surface area contributed by atoms with Gasteiger partial charge in [0.1, 0.15) is 0 Å². The first-order chi connectivity index (χ1) is 6.47. The highest BCUT2D eigenvalue weighted by molar-refractivity contribution is 9.10. The van der Waals surface area contributed by atoms with Crippen LogP contribution < -0.4 is 0 Å². The molecule has 0 bridgehead atoms. The predicted molar refractivity (Wildman–Crippen MR) is 65.0 cm³/mol. The van der Waals surface area contributed by atoms with Gasteiger partial charge in [-0.15, -0.1) is 0 Å². The van der Waals surface area contributed by atoms with E-state index in [9.17, 15) is 0 Å². The highest BCUT2D eigenvalue weighted by atomic mass is 79.9. The lowest BCUT2D eigenvalue weighted by molar-refractivity contribution is 0.421. The van der Waals surface area contributed by atoms with Gasteiger partial charge in [0.25, 0.3) is 0 Å². The maximum absolute atomic E-state index is 4.10. The van der Waals surface area contributed by atoms with Gasteiger partial charge in [-0.25, -0.2) is 0 Å². The van der Waals surface area contributed by atoms with E-state index in [1.165, 1.54) is 0 Å². The summed E-state index contributed by atoms with van der Waals surface area (Å²) in [5.74, 6) is 0. The number of nitrogens with zero attached hydrogens (tertiary/aromatic N) is 1. The molecule has 1 aromatic heterocycles. The third-order valence-corrected chi connectivity index (χ3v) is 2.20. The van der Waals surface area contributed by atoms with Crippen LogP contribution in [-0.2, 0) is 0 Å². The lowest BCUT2D eigenvalue weighted by atomic mass is 9.92. The van der Waals surface area contributed by atoms with E-state index in [0.717, 1.165) is 16.5 Å². The second-order valence-corrected chi connectivity index (χ2v) is 5.52. The third-order valence-electron chi connectivity index (χ3n) is 1.77. The molecule has 1 rings (SSSR count). The number of aromatic nitrogens is 1. The Morgan fingerprint density at radius 2 is 2.07 bits per heavy atom. The highest BCUT2D eigenvalue weighted by Gasteiger charge is 2.06. The number of halogens is 1. The summed E-state index contributed by atoms with van der Waals surface area (Å²) in [4.78, 5) is 4.10. The van der Waals surface area contributed by atoms with E-state index in [0.29, 0.717) is 5.41 Å². The van der Waals surface area contributed by atoms with Crippen molar-refractivity contribution in [3.8, 4) is 0 Å². The van der Waals surface area contributed by atoms with Gasteiger partial charge < -0.3 is 0 Å². The average molecular weight is 254 g/mol. The van der Waals surface area contributed by atoms with Crippen molar-refractivity contribution in [2.24, 2.45) is 5.41 Å². The summed E-state index contributed by atoms with van der Waals surface area (Å²) in [7, 11) is 0. The van der Waals surface area contributed by atoms with Gasteiger partial charge in [-0.2, -0.15) is 0 Å².